The number of benzene rings is 1. The third kappa shape index (κ3) is 5.52. The average Bonchev–Trinajstić information content (AvgIpc) is 2.34. The predicted molar refractivity (Wildman–Crippen MR) is 75.6 cm³/mol. The van der Waals surface area contributed by atoms with Crippen molar-refractivity contribution in [2.75, 3.05) is 26.7 Å². The summed E-state index contributed by atoms with van der Waals surface area (Å²) < 4.78 is 6.20. The van der Waals surface area contributed by atoms with E-state index >= 15 is 0 Å². The van der Waals surface area contributed by atoms with Gasteiger partial charge >= 0.3 is 0 Å². The number of nitrogens with one attached hydrogen (secondary N) is 2. The number of ether oxygens (including phenoxy) is 1. The molecule has 1 rings (SSSR count). The first-order chi connectivity index (χ1) is 8.27. The van der Waals surface area contributed by atoms with Crippen molar-refractivity contribution in [3.8, 4) is 5.75 Å². The predicted octanol–water partition coefficient (Wildman–Crippen LogP) is 2.55. The zero-order valence-corrected chi connectivity index (χ0v) is 12.1. The molecule has 0 aliphatic carbocycles. The fraction of sp³-hybridized carbons (Fsp3) is 0.538. The van der Waals surface area contributed by atoms with Gasteiger partial charge in [0.25, 0.3) is 0 Å². The van der Waals surface area contributed by atoms with Crippen molar-refractivity contribution in [2.45, 2.75) is 19.9 Å². The molecule has 1 aromatic carbocycles. The summed E-state index contributed by atoms with van der Waals surface area (Å²) in [5, 5.41) is 6.73. The fourth-order valence-electron chi connectivity index (χ4n) is 1.57. The van der Waals surface area contributed by atoms with Crippen molar-refractivity contribution in [3.63, 3.8) is 0 Å². The second kappa shape index (κ2) is 8.50. The Bertz CT molecular complexity index is 331. The molecule has 17 heavy (non-hydrogen) atoms. The molecule has 0 saturated heterocycles. The molecule has 0 atom stereocenters. The lowest BCUT2D eigenvalue weighted by Gasteiger charge is -2.08. The second-order valence-corrected chi connectivity index (χ2v) is 4.71. The van der Waals surface area contributed by atoms with Crippen LogP contribution in [0.15, 0.2) is 22.7 Å². The molecular weight excluding hydrogens is 280 g/mol. The maximum atomic E-state index is 5.19. The first-order valence-corrected chi connectivity index (χ1v) is 6.81. The zero-order chi connectivity index (χ0) is 12.5. The van der Waals surface area contributed by atoms with Gasteiger partial charge in [0.15, 0.2) is 0 Å². The molecule has 0 fully saturated rings. The maximum Gasteiger partial charge on any atom is 0.133 e. The van der Waals surface area contributed by atoms with Gasteiger partial charge < -0.3 is 15.4 Å². The highest BCUT2D eigenvalue weighted by Crippen LogP contribution is 2.25. The van der Waals surface area contributed by atoms with Crippen LogP contribution in [0.4, 0.5) is 0 Å². The Labute approximate surface area is 112 Å². The Morgan fingerprint density at radius 2 is 2.00 bits per heavy atom. The molecule has 1 aromatic rings. The summed E-state index contributed by atoms with van der Waals surface area (Å²) >= 11 is 3.49. The van der Waals surface area contributed by atoms with Crippen molar-refractivity contribution in [1.29, 1.82) is 0 Å². The molecule has 0 spiro atoms. The standard InChI is InChI=1S/C13H21BrN2O/c1-3-15-7-4-8-16-10-11-5-6-13(17-2)12(14)9-11/h5-6,9,15-16H,3-4,7-8,10H2,1-2H3. The van der Waals surface area contributed by atoms with Gasteiger partial charge in [0.2, 0.25) is 0 Å². The summed E-state index contributed by atoms with van der Waals surface area (Å²) in [6.07, 6.45) is 1.16. The molecular formula is C13H21BrN2O. The van der Waals surface area contributed by atoms with Crippen LogP contribution >= 0.6 is 15.9 Å². The van der Waals surface area contributed by atoms with E-state index in [1.807, 2.05) is 6.07 Å². The number of halogens is 1. The Kier molecular flexibility index (Phi) is 7.24. The first-order valence-electron chi connectivity index (χ1n) is 6.01. The lowest BCUT2D eigenvalue weighted by Crippen LogP contribution is -2.21. The summed E-state index contributed by atoms with van der Waals surface area (Å²) in [4.78, 5) is 0. The molecule has 0 heterocycles. The quantitative estimate of drug-likeness (QED) is 0.724. The topological polar surface area (TPSA) is 33.3 Å². The monoisotopic (exact) mass is 300 g/mol. The lowest BCUT2D eigenvalue weighted by molar-refractivity contribution is 0.412. The third-order valence-electron chi connectivity index (χ3n) is 2.50. The minimum absolute atomic E-state index is 0.876. The molecule has 0 aliphatic heterocycles. The molecule has 0 saturated carbocycles. The van der Waals surface area contributed by atoms with E-state index in [4.69, 9.17) is 4.74 Å². The molecule has 0 amide bonds. The number of hydrogen-bond acceptors (Lipinski definition) is 3. The van der Waals surface area contributed by atoms with Gasteiger partial charge in [-0.3, -0.25) is 0 Å². The van der Waals surface area contributed by atoms with E-state index in [-0.39, 0.29) is 0 Å². The molecule has 0 aliphatic rings. The molecule has 96 valence electrons. The van der Waals surface area contributed by atoms with Gasteiger partial charge in [-0.1, -0.05) is 13.0 Å². The van der Waals surface area contributed by atoms with Crippen LogP contribution in [0.3, 0.4) is 0 Å². The van der Waals surface area contributed by atoms with E-state index in [1.54, 1.807) is 7.11 Å². The fourth-order valence-corrected chi connectivity index (χ4v) is 2.16. The number of methoxy groups -OCH3 is 1. The van der Waals surface area contributed by atoms with Crippen LogP contribution < -0.4 is 15.4 Å². The molecule has 4 heteroatoms. The van der Waals surface area contributed by atoms with E-state index in [0.717, 1.165) is 42.8 Å². The van der Waals surface area contributed by atoms with Gasteiger partial charge in [-0.05, 0) is 59.7 Å². The van der Waals surface area contributed by atoms with Crippen molar-refractivity contribution >= 4 is 15.9 Å². The first kappa shape index (κ1) is 14.5. The zero-order valence-electron chi connectivity index (χ0n) is 10.6. The van der Waals surface area contributed by atoms with Crippen LogP contribution in [-0.2, 0) is 6.54 Å². The highest BCUT2D eigenvalue weighted by atomic mass is 79.9. The van der Waals surface area contributed by atoms with Crippen LogP contribution in [-0.4, -0.2) is 26.7 Å². The molecule has 2 N–H and O–H groups in total. The Morgan fingerprint density at radius 1 is 1.24 bits per heavy atom. The van der Waals surface area contributed by atoms with Crippen molar-refractivity contribution in [2.24, 2.45) is 0 Å². The average molecular weight is 301 g/mol. The van der Waals surface area contributed by atoms with Gasteiger partial charge in [0.1, 0.15) is 5.75 Å². The highest BCUT2D eigenvalue weighted by Gasteiger charge is 2.00. The Hall–Kier alpha value is -0.580. The summed E-state index contributed by atoms with van der Waals surface area (Å²) in [6.45, 7) is 6.19. The smallest absolute Gasteiger partial charge is 0.133 e. The number of rotatable bonds is 8. The van der Waals surface area contributed by atoms with Crippen LogP contribution in [0.25, 0.3) is 0 Å². The largest absolute Gasteiger partial charge is 0.496 e. The maximum absolute atomic E-state index is 5.19. The van der Waals surface area contributed by atoms with Crippen LogP contribution in [0, 0.1) is 0 Å². The van der Waals surface area contributed by atoms with Gasteiger partial charge in [0.05, 0.1) is 11.6 Å². The van der Waals surface area contributed by atoms with Gasteiger partial charge in [0, 0.05) is 6.54 Å². The SMILES string of the molecule is CCNCCCNCc1ccc(OC)c(Br)c1. The van der Waals surface area contributed by atoms with E-state index in [0.29, 0.717) is 0 Å². The van der Waals surface area contributed by atoms with Gasteiger partial charge in [-0.2, -0.15) is 0 Å². The number of hydrogen-bond donors (Lipinski definition) is 2. The van der Waals surface area contributed by atoms with E-state index in [9.17, 15) is 0 Å². The summed E-state index contributed by atoms with van der Waals surface area (Å²) in [6, 6.07) is 6.16. The van der Waals surface area contributed by atoms with Crippen molar-refractivity contribution in [1.82, 2.24) is 10.6 Å². The Balaban J connectivity index is 2.25. The van der Waals surface area contributed by atoms with E-state index in [2.05, 4.69) is 45.6 Å². The molecule has 0 bridgehead atoms. The second-order valence-electron chi connectivity index (χ2n) is 3.85. The van der Waals surface area contributed by atoms with E-state index in [1.165, 1.54) is 5.56 Å². The normalized spacial score (nSPS) is 10.5. The molecule has 3 nitrogen and oxygen atoms in total. The van der Waals surface area contributed by atoms with Crippen molar-refractivity contribution < 1.29 is 4.74 Å². The minimum Gasteiger partial charge on any atom is -0.496 e. The van der Waals surface area contributed by atoms with Gasteiger partial charge in [-0.15, -0.1) is 0 Å². The summed E-state index contributed by atoms with van der Waals surface area (Å²) in [7, 11) is 1.68. The Morgan fingerprint density at radius 3 is 2.65 bits per heavy atom. The molecule has 0 aromatic heterocycles. The van der Waals surface area contributed by atoms with E-state index < -0.39 is 0 Å². The third-order valence-corrected chi connectivity index (χ3v) is 3.12. The summed E-state index contributed by atoms with van der Waals surface area (Å²) in [5.41, 5.74) is 1.26. The minimum atomic E-state index is 0.876. The molecule has 0 unspecified atom stereocenters. The summed E-state index contributed by atoms with van der Waals surface area (Å²) in [5.74, 6) is 0.876. The van der Waals surface area contributed by atoms with Gasteiger partial charge in [-0.25, -0.2) is 0 Å². The van der Waals surface area contributed by atoms with Crippen LogP contribution in [0.5, 0.6) is 5.75 Å². The highest BCUT2D eigenvalue weighted by molar-refractivity contribution is 9.10. The molecule has 0 radical (unpaired) electrons. The van der Waals surface area contributed by atoms with Crippen molar-refractivity contribution in [3.05, 3.63) is 28.2 Å². The lowest BCUT2D eigenvalue weighted by atomic mass is 10.2. The van der Waals surface area contributed by atoms with Crippen LogP contribution in [0.1, 0.15) is 18.9 Å². The van der Waals surface area contributed by atoms with Crippen LogP contribution in [0.2, 0.25) is 0 Å².